The van der Waals surface area contributed by atoms with Gasteiger partial charge in [-0.05, 0) is 17.9 Å². The van der Waals surface area contributed by atoms with Crippen molar-refractivity contribution >= 4 is 22.6 Å². The van der Waals surface area contributed by atoms with Crippen LogP contribution in [0, 0.1) is 5.92 Å². The van der Waals surface area contributed by atoms with E-state index >= 15 is 0 Å². The highest BCUT2D eigenvalue weighted by Crippen LogP contribution is 2.24. The van der Waals surface area contributed by atoms with Gasteiger partial charge in [-0.25, -0.2) is 0 Å². The van der Waals surface area contributed by atoms with Crippen LogP contribution >= 0.6 is 0 Å². The Hall–Kier alpha value is -2.76. The topological polar surface area (TPSA) is 66.0 Å². The summed E-state index contributed by atoms with van der Waals surface area (Å²) in [5, 5.41) is 8.99. The van der Waals surface area contributed by atoms with E-state index in [0.29, 0.717) is 13.2 Å². The molecule has 1 atom stereocenters. The van der Waals surface area contributed by atoms with Crippen LogP contribution in [0.2, 0.25) is 0 Å². The van der Waals surface area contributed by atoms with Gasteiger partial charge in [-0.3, -0.25) is 9.79 Å². The minimum Gasteiger partial charge on any atom is -0.491 e. The lowest BCUT2D eigenvalue weighted by Gasteiger charge is -2.20. The highest BCUT2D eigenvalue weighted by molar-refractivity contribution is 5.88. The van der Waals surface area contributed by atoms with Crippen LogP contribution in [0.3, 0.4) is 0 Å². The lowest BCUT2D eigenvalue weighted by atomic mass is 10.1. The van der Waals surface area contributed by atoms with Crippen LogP contribution in [0.25, 0.3) is 10.8 Å². The van der Waals surface area contributed by atoms with Crippen molar-refractivity contribution in [3.8, 4) is 5.75 Å². The molecule has 3 rings (SSSR count). The largest absolute Gasteiger partial charge is 0.491 e. The van der Waals surface area contributed by atoms with Crippen LogP contribution in [0.5, 0.6) is 5.75 Å². The van der Waals surface area contributed by atoms with Crippen LogP contribution in [0.15, 0.2) is 47.5 Å². The highest BCUT2D eigenvalue weighted by atomic mass is 16.5. The maximum atomic E-state index is 12.1. The number of rotatable bonds is 6. The van der Waals surface area contributed by atoms with E-state index in [0.717, 1.165) is 36.6 Å². The smallest absolute Gasteiger partial charge is 0.225 e. The van der Waals surface area contributed by atoms with E-state index in [9.17, 15) is 4.79 Å². The van der Waals surface area contributed by atoms with E-state index in [2.05, 4.69) is 33.8 Å². The van der Waals surface area contributed by atoms with E-state index in [4.69, 9.17) is 4.74 Å². The number of guanidine groups is 1. The average molecular weight is 383 g/mol. The molecule has 0 spiro atoms. The normalized spacial score (nSPS) is 17.2. The van der Waals surface area contributed by atoms with Gasteiger partial charge in [0.15, 0.2) is 5.96 Å². The molecule has 2 aromatic rings. The highest BCUT2D eigenvalue weighted by Gasteiger charge is 2.27. The SMILES string of the molecule is CN=C(NCCOc1cccc2ccccc12)NC1CCN(C(=O)C(C)C)C1. The van der Waals surface area contributed by atoms with Gasteiger partial charge in [0.1, 0.15) is 12.4 Å². The first-order valence-electron chi connectivity index (χ1n) is 9.95. The third-order valence-electron chi connectivity index (χ3n) is 4.96. The van der Waals surface area contributed by atoms with Crippen LogP contribution < -0.4 is 15.4 Å². The minimum atomic E-state index is 0.0439. The van der Waals surface area contributed by atoms with Crippen molar-refractivity contribution < 1.29 is 9.53 Å². The summed E-state index contributed by atoms with van der Waals surface area (Å²) >= 11 is 0. The molecule has 0 radical (unpaired) electrons. The average Bonchev–Trinajstić information content (AvgIpc) is 3.18. The summed E-state index contributed by atoms with van der Waals surface area (Å²) in [5.41, 5.74) is 0. The Labute approximate surface area is 167 Å². The van der Waals surface area contributed by atoms with Crippen molar-refractivity contribution in [1.29, 1.82) is 0 Å². The van der Waals surface area contributed by atoms with Gasteiger partial charge in [-0.2, -0.15) is 0 Å². The molecule has 150 valence electrons. The number of nitrogens with one attached hydrogen (secondary N) is 2. The lowest BCUT2D eigenvalue weighted by molar-refractivity contribution is -0.133. The molecular formula is C22H30N4O2. The fourth-order valence-corrected chi connectivity index (χ4v) is 3.48. The molecule has 2 N–H and O–H groups in total. The summed E-state index contributed by atoms with van der Waals surface area (Å²) in [6.07, 6.45) is 0.936. The number of aliphatic imine (C=N–C) groups is 1. The number of fused-ring (bicyclic) bond motifs is 1. The molecule has 2 aromatic carbocycles. The molecule has 28 heavy (non-hydrogen) atoms. The van der Waals surface area contributed by atoms with Gasteiger partial charge in [-0.15, -0.1) is 0 Å². The molecule has 1 fully saturated rings. The van der Waals surface area contributed by atoms with Crippen LogP contribution in [-0.4, -0.2) is 56.1 Å². The number of hydrogen-bond donors (Lipinski definition) is 2. The molecule has 6 nitrogen and oxygen atoms in total. The van der Waals surface area contributed by atoms with E-state index in [-0.39, 0.29) is 17.9 Å². The predicted molar refractivity (Wildman–Crippen MR) is 114 cm³/mol. The fraction of sp³-hybridized carbons (Fsp3) is 0.455. The second-order valence-corrected chi connectivity index (χ2v) is 7.39. The molecule has 0 aromatic heterocycles. The lowest BCUT2D eigenvalue weighted by Crippen LogP contribution is -2.46. The van der Waals surface area contributed by atoms with Crippen LogP contribution in [-0.2, 0) is 4.79 Å². The summed E-state index contributed by atoms with van der Waals surface area (Å²) < 4.78 is 5.96. The fourth-order valence-electron chi connectivity index (χ4n) is 3.48. The molecule has 1 amide bonds. The zero-order valence-corrected chi connectivity index (χ0v) is 16.9. The molecule has 0 aliphatic carbocycles. The van der Waals surface area contributed by atoms with Crippen molar-refractivity contribution in [2.24, 2.45) is 10.9 Å². The van der Waals surface area contributed by atoms with Crippen molar-refractivity contribution in [3.05, 3.63) is 42.5 Å². The Balaban J connectivity index is 1.44. The quantitative estimate of drug-likeness (QED) is 0.458. The van der Waals surface area contributed by atoms with E-state index < -0.39 is 0 Å². The van der Waals surface area contributed by atoms with Gasteiger partial charge in [0.25, 0.3) is 0 Å². The number of ether oxygens (including phenoxy) is 1. The Morgan fingerprint density at radius 2 is 2.04 bits per heavy atom. The first kappa shape index (κ1) is 20.0. The Bertz CT molecular complexity index is 829. The van der Waals surface area contributed by atoms with E-state index in [1.807, 2.05) is 43.0 Å². The summed E-state index contributed by atoms with van der Waals surface area (Å²) in [6.45, 7) is 6.60. The molecule has 6 heteroatoms. The van der Waals surface area contributed by atoms with Crippen molar-refractivity contribution in [1.82, 2.24) is 15.5 Å². The number of amides is 1. The molecule has 1 saturated heterocycles. The number of benzene rings is 2. The minimum absolute atomic E-state index is 0.0439. The van der Waals surface area contributed by atoms with Crippen LogP contribution in [0.1, 0.15) is 20.3 Å². The van der Waals surface area contributed by atoms with Gasteiger partial charge in [0, 0.05) is 37.5 Å². The summed E-state index contributed by atoms with van der Waals surface area (Å²) in [5.74, 6) is 1.89. The second kappa shape index (κ2) is 9.44. The maximum Gasteiger partial charge on any atom is 0.225 e. The number of carbonyl (C=O) groups excluding carboxylic acids is 1. The molecular weight excluding hydrogens is 352 g/mol. The maximum absolute atomic E-state index is 12.1. The Morgan fingerprint density at radius 3 is 2.82 bits per heavy atom. The molecule has 1 aliphatic heterocycles. The van der Waals surface area contributed by atoms with Crippen molar-refractivity contribution in [2.45, 2.75) is 26.3 Å². The predicted octanol–water partition coefficient (Wildman–Crippen LogP) is 2.64. The molecule has 1 heterocycles. The number of carbonyl (C=O) groups is 1. The van der Waals surface area contributed by atoms with E-state index in [1.165, 1.54) is 5.39 Å². The summed E-state index contributed by atoms with van der Waals surface area (Å²) in [6, 6.07) is 14.5. The van der Waals surface area contributed by atoms with Gasteiger partial charge < -0.3 is 20.3 Å². The first-order valence-corrected chi connectivity index (χ1v) is 9.95. The van der Waals surface area contributed by atoms with E-state index in [1.54, 1.807) is 7.05 Å². The molecule has 1 unspecified atom stereocenters. The second-order valence-electron chi connectivity index (χ2n) is 7.39. The number of hydrogen-bond acceptors (Lipinski definition) is 3. The van der Waals surface area contributed by atoms with Gasteiger partial charge in [0.05, 0.1) is 6.54 Å². The van der Waals surface area contributed by atoms with Gasteiger partial charge in [-0.1, -0.05) is 50.2 Å². The summed E-state index contributed by atoms with van der Waals surface area (Å²) in [4.78, 5) is 18.3. The molecule has 1 aliphatic rings. The standard InChI is InChI=1S/C22H30N4O2/c1-16(2)21(27)26-13-11-18(15-26)25-22(23-3)24-12-14-28-20-10-6-8-17-7-4-5-9-19(17)20/h4-10,16,18H,11-15H2,1-3H3,(H2,23,24,25). The van der Waals surface area contributed by atoms with Gasteiger partial charge in [0.2, 0.25) is 5.91 Å². The third-order valence-corrected chi connectivity index (χ3v) is 4.96. The number of likely N-dealkylation sites (tertiary alicyclic amines) is 1. The summed E-state index contributed by atoms with van der Waals surface area (Å²) in [7, 11) is 1.76. The zero-order valence-electron chi connectivity index (χ0n) is 16.9. The Morgan fingerprint density at radius 1 is 1.25 bits per heavy atom. The van der Waals surface area contributed by atoms with Crippen molar-refractivity contribution in [2.75, 3.05) is 33.3 Å². The van der Waals surface area contributed by atoms with Crippen molar-refractivity contribution in [3.63, 3.8) is 0 Å². The van der Waals surface area contributed by atoms with Crippen LogP contribution in [0.4, 0.5) is 0 Å². The Kier molecular flexibility index (Phi) is 6.74. The molecule has 0 saturated carbocycles. The monoisotopic (exact) mass is 382 g/mol. The number of nitrogens with zero attached hydrogens (tertiary/aromatic N) is 2. The third kappa shape index (κ3) is 4.94. The zero-order chi connectivity index (χ0) is 19.9. The molecule has 0 bridgehead atoms. The van der Waals surface area contributed by atoms with Gasteiger partial charge >= 0.3 is 0 Å². The first-order chi connectivity index (χ1) is 13.6.